The summed E-state index contributed by atoms with van der Waals surface area (Å²) in [5.74, 6) is 0. The molecule has 0 fully saturated rings. The van der Waals surface area contributed by atoms with Crippen molar-refractivity contribution in [1.82, 2.24) is 4.98 Å². The van der Waals surface area contributed by atoms with Crippen molar-refractivity contribution in [3.63, 3.8) is 0 Å². The van der Waals surface area contributed by atoms with Gasteiger partial charge in [-0.05, 0) is 28.1 Å². The van der Waals surface area contributed by atoms with Crippen molar-refractivity contribution in [2.75, 3.05) is 0 Å². The second-order valence-electron chi connectivity index (χ2n) is 2.82. The van der Waals surface area contributed by atoms with E-state index in [0.717, 1.165) is 21.3 Å². The van der Waals surface area contributed by atoms with Crippen molar-refractivity contribution in [3.05, 3.63) is 38.8 Å². The second-order valence-corrected chi connectivity index (χ2v) is 4.94. The first-order valence-corrected chi connectivity index (χ1v) is 6.12. The van der Waals surface area contributed by atoms with Gasteiger partial charge in [0, 0.05) is 15.4 Å². The molecule has 0 aliphatic rings. The van der Waals surface area contributed by atoms with E-state index in [2.05, 4.69) is 20.9 Å². The number of hydrogen-bond acceptors (Lipinski definition) is 3. The van der Waals surface area contributed by atoms with Gasteiger partial charge < -0.3 is 0 Å². The quantitative estimate of drug-likeness (QED) is 0.784. The van der Waals surface area contributed by atoms with E-state index in [4.69, 9.17) is 11.6 Å². The zero-order chi connectivity index (χ0) is 10.8. The molecule has 0 saturated heterocycles. The molecule has 0 amide bonds. The third-order valence-corrected chi connectivity index (χ3v) is 3.93. The summed E-state index contributed by atoms with van der Waals surface area (Å²) in [5, 5.41) is 3.20. The summed E-state index contributed by atoms with van der Waals surface area (Å²) in [6.07, 6.45) is 0.741. The van der Waals surface area contributed by atoms with Crippen LogP contribution in [0.1, 0.15) is 10.5 Å². The van der Waals surface area contributed by atoms with E-state index in [-0.39, 0.29) is 0 Å². The van der Waals surface area contributed by atoms with Crippen LogP contribution in [0, 0.1) is 0 Å². The van der Waals surface area contributed by atoms with Crippen LogP contribution in [-0.4, -0.2) is 11.3 Å². The molecule has 0 radical (unpaired) electrons. The molecule has 0 N–H and O–H groups in total. The Balaban J connectivity index is 2.44. The van der Waals surface area contributed by atoms with Crippen LogP contribution in [0.15, 0.2) is 28.1 Å². The lowest BCUT2D eigenvalue weighted by molar-refractivity contribution is 0.111. The Morgan fingerprint density at radius 2 is 2.27 bits per heavy atom. The van der Waals surface area contributed by atoms with Gasteiger partial charge in [-0.25, -0.2) is 4.98 Å². The van der Waals surface area contributed by atoms with Crippen molar-refractivity contribution in [3.8, 4) is 10.6 Å². The normalized spacial score (nSPS) is 10.3. The molecule has 0 aliphatic heterocycles. The first-order chi connectivity index (χ1) is 7.20. The van der Waals surface area contributed by atoms with Crippen molar-refractivity contribution in [2.45, 2.75) is 0 Å². The first-order valence-electron chi connectivity index (χ1n) is 4.07. The summed E-state index contributed by atoms with van der Waals surface area (Å²) in [5.41, 5.74) is 1.41. The summed E-state index contributed by atoms with van der Waals surface area (Å²) < 4.78 is 0.824. The summed E-state index contributed by atoms with van der Waals surface area (Å²) >= 11 is 10.7. The van der Waals surface area contributed by atoms with E-state index in [1.165, 1.54) is 11.3 Å². The van der Waals surface area contributed by atoms with Gasteiger partial charge in [-0.1, -0.05) is 17.7 Å². The molecule has 1 aromatic carbocycles. The number of halogens is 2. The molecule has 76 valence electrons. The Kier molecular flexibility index (Phi) is 3.19. The fourth-order valence-electron chi connectivity index (χ4n) is 1.10. The largest absolute Gasteiger partial charge is 0.296 e. The molecule has 0 spiro atoms. The number of hydrogen-bond donors (Lipinski definition) is 0. The average molecular weight is 303 g/mol. The number of aldehydes is 1. The standard InChI is InChI=1S/C10H5BrClNOS/c11-8-3-6(1-2-9(8)12)10-13-7(4-14)5-15-10/h1-5H. The number of benzene rings is 1. The Hall–Kier alpha value is -0.710. The number of aromatic nitrogens is 1. The monoisotopic (exact) mass is 301 g/mol. The summed E-state index contributed by atoms with van der Waals surface area (Å²) in [6, 6.07) is 5.55. The van der Waals surface area contributed by atoms with E-state index in [1.807, 2.05) is 12.1 Å². The number of rotatable bonds is 2. The highest BCUT2D eigenvalue weighted by molar-refractivity contribution is 9.10. The van der Waals surface area contributed by atoms with Crippen LogP contribution in [0.25, 0.3) is 10.6 Å². The molecule has 0 atom stereocenters. The van der Waals surface area contributed by atoms with E-state index >= 15 is 0 Å². The minimum Gasteiger partial charge on any atom is -0.296 e. The summed E-state index contributed by atoms with van der Waals surface area (Å²) in [4.78, 5) is 14.6. The van der Waals surface area contributed by atoms with Gasteiger partial charge in [0.15, 0.2) is 6.29 Å². The molecular weight excluding hydrogens is 298 g/mol. The van der Waals surface area contributed by atoms with E-state index in [9.17, 15) is 4.79 Å². The van der Waals surface area contributed by atoms with E-state index in [1.54, 1.807) is 11.4 Å². The maximum absolute atomic E-state index is 10.5. The zero-order valence-corrected chi connectivity index (χ0v) is 10.6. The van der Waals surface area contributed by atoms with Crippen LogP contribution in [0.3, 0.4) is 0 Å². The Morgan fingerprint density at radius 1 is 1.47 bits per heavy atom. The van der Waals surface area contributed by atoms with Gasteiger partial charge in [0.05, 0.1) is 5.02 Å². The van der Waals surface area contributed by atoms with Gasteiger partial charge >= 0.3 is 0 Å². The summed E-state index contributed by atoms with van der Waals surface area (Å²) in [7, 11) is 0. The molecule has 0 aliphatic carbocycles. The third-order valence-electron chi connectivity index (χ3n) is 1.81. The fraction of sp³-hybridized carbons (Fsp3) is 0. The predicted molar refractivity (Wildman–Crippen MR) is 65.6 cm³/mol. The van der Waals surface area contributed by atoms with Crippen LogP contribution < -0.4 is 0 Å². The highest BCUT2D eigenvalue weighted by Crippen LogP contribution is 2.30. The topological polar surface area (TPSA) is 30.0 Å². The van der Waals surface area contributed by atoms with Crippen LogP contribution in [0.2, 0.25) is 5.02 Å². The Bertz CT molecular complexity index is 512. The molecule has 2 rings (SSSR count). The van der Waals surface area contributed by atoms with Crippen LogP contribution in [-0.2, 0) is 0 Å². The number of carbonyl (C=O) groups excluding carboxylic acids is 1. The molecule has 0 saturated carbocycles. The van der Waals surface area contributed by atoms with Crippen molar-refractivity contribution >= 4 is 45.2 Å². The number of carbonyl (C=O) groups is 1. The average Bonchev–Trinajstić information content (AvgIpc) is 2.70. The first kappa shape index (κ1) is 10.8. The van der Waals surface area contributed by atoms with Gasteiger partial charge in [-0.3, -0.25) is 4.79 Å². The molecule has 2 nitrogen and oxygen atoms in total. The van der Waals surface area contributed by atoms with E-state index < -0.39 is 0 Å². The van der Waals surface area contributed by atoms with E-state index in [0.29, 0.717) is 10.7 Å². The van der Waals surface area contributed by atoms with Gasteiger partial charge in [0.1, 0.15) is 10.7 Å². The minimum atomic E-state index is 0.459. The number of nitrogens with zero attached hydrogens (tertiary/aromatic N) is 1. The van der Waals surface area contributed by atoms with Crippen molar-refractivity contribution < 1.29 is 4.79 Å². The minimum absolute atomic E-state index is 0.459. The SMILES string of the molecule is O=Cc1csc(-c2ccc(Cl)c(Br)c2)n1. The molecule has 15 heavy (non-hydrogen) atoms. The van der Waals surface area contributed by atoms with Crippen molar-refractivity contribution in [2.24, 2.45) is 0 Å². The smallest absolute Gasteiger partial charge is 0.169 e. The highest BCUT2D eigenvalue weighted by Gasteiger charge is 2.05. The molecule has 0 unspecified atom stereocenters. The Labute approximate surface area is 104 Å². The Morgan fingerprint density at radius 3 is 2.87 bits per heavy atom. The van der Waals surface area contributed by atoms with Crippen LogP contribution >= 0.6 is 38.9 Å². The van der Waals surface area contributed by atoms with Crippen molar-refractivity contribution in [1.29, 1.82) is 0 Å². The second kappa shape index (κ2) is 4.43. The molecule has 1 heterocycles. The highest BCUT2D eigenvalue weighted by atomic mass is 79.9. The summed E-state index contributed by atoms with van der Waals surface area (Å²) in [6.45, 7) is 0. The molecule has 2 aromatic rings. The maximum atomic E-state index is 10.5. The fourth-order valence-corrected chi connectivity index (χ4v) is 2.36. The van der Waals surface area contributed by atoms with Crippen LogP contribution in [0.4, 0.5) is 0 Å². The lowest BCUT2D eigenvalue weighted by Crippen LogP contribution is -1.80. The van der Waals surface area contributed by atoms with Gasteiger partial charge in [-0.2, -0.15) is 0 Å². The molecular formula is C10H5BrClNOS. The lowest BCUT2D eigenvalue weighted by atomic mass is 10.2. The molecule has 0 bridgehead atoms. The van der Waals surface area contributed by atoms with Gasteiger partial charge in [0.25, 0.3) is 0 Å². The van der Waals surface area contributed by atoms with Crippen LogP contribution in [0.5, 0.6) is 0 Å². The zero-order valence-electron chi connectivity index (χ0n) is 7.41. The maximum Gasteiger partial charge on any atom is 0.169 e. The molecule has 5 heteroatoms. The number of thiazole rings is 1. The van der Waals surface area contributed by atoms with Gasteiger partial charge in [-0.15, -0.1) is 11.3 Å². The molecule has 1 aromatic heterocycles. The predicted octanol–water partition coefficient (Wildman–Crippen LogP) is 4.04. The van der Waals surface area contributed by atoms with Gasteiger partial charge in [0.2, 0.25) is 0 Å². The lowest BCUT2D eigenvalue weighted by Gasteiger charge is -1.98. The third kappa shape index (κ3) is 2.27.